The molecule has 0 aliphatic carbocycles. The topological polar surface area (TPSA) is 0 Å². The number of hydrogen-bond acceptors (Lipinski definition) is 0. The fourth-order valence-electron chi connectivity index (χ4n) is 3.84. The average molecular weight is 326 g/mol. The molecule has 0 heterocycles. The van der Waals surface area contributed by atoms with Gasteiger partial charge in [-0.15, -0.1) is 0 Å². The van der Waals surface area contributed by atoms with E-state index in [0.29, 0.717) is 0 Å². The van der Waals surface area contributed by atoms with Crippen molar-refractivity contribution < 1.29 is 0 Å². The van der Waals surface area contributed by atoms with E-state index in [9.17, 15) is 0 Å². The molecule has 0 aromatic heterocycles. The average Bonchev–Trinajstić information content (AvgIpc) is 2.63. The monoisotopic (exact) mass is 326 g/mol. The number of benzene rings is 3. The van der Waals surface area contributed by atoms with Gasteiger partial charge in [0.05, 0.1) is 0 Å². The molecular formula is C25H26. The van der Waals surface area contributed by atoms with Crippen molar-refractivity contribution in [3.63, 3.8) is 0 Å². The molecule has 0 atom stereocenters. The van der Waals surface area contributed by atoms with Crippen molar-refractivity contribution in [3.8, 4) is 0 Å². The zero-order chi connectivity index (χ0) is 18.0. The summed E-state index contributed by atoms with van der Waals surface area (Å²) in [6, 6.07) is 17.4. The zero-order valence-electron chi connectivity index (χ0n) is 15.9. The SMILES string of the molecule is C/C=C\c1c(/C(=C\C)c2ccccc2C)c(C)c2ccccc2c1C. The molecule has 0 saturated carbocycles. The summed E-state index contributed by atoms with van der Waals surface area (Å²) in [6.07, 6.45) is 6.66. The van der Waals surface area contributed by atoms with Crippen LogP contribution < -0.4 is 0 Å². The zero-order valence-corrected chi connectivity index (χ0v) is 15.9. The molecule has 0 fully saturated rings. The lowest BCUT2D eigenvalue weighted by Crippen LogP contribution is -2.01. The van der Waals surface area contributed by atoms with Crippen molar-refractivity contribution in [2.45, 2.75) is 34.6 Å². The Balaban J connectivity index is 2.44. The van der Waals surface area contributed by atoms with Crippen LogP contribution in [0.25, 0.3) is 22.4 Å². The highest BCUT2D eigenvalue weighted by atomic mass is 14.2. The van der Waals surface area contributed by atoms with Crippen molar-refractivity contribution in [3.05, 3.63) is 94.1 Å². The summed E-state index contributed by atoms with van der Waals surface area (Å²) in [5.41, 5.74) is 9.33. The first kappa shape index (κ1) is 17.2. The van der Waals surface area contributed by atoms with Crippen molar-refractivity contribution in [1.82, 2.24) is 0 Å². The molecule has 0 radical (unpaired) electrons. The summed E-state index contributed by atoms with van der Waals surface area (Å²) < 4.78 is 0. The minimum atomic E-state index is 1.31. The molecule has 0 bridgehead atoms. The second-order valence-corrected chi connectivity index (χ2v) is 6.60. The van der Waals surface area contributed by atoms with E-state index in [1.807, 2.05) is 0 Å². The van der Waals surface area contributed by atoms with E-state index in [2.05, 4.69) is 101 Å². The molecule has 0 nitrogen and oxygen atoms in total. The van der Waals surface area contributed by atoms with Crippen LogP contribution in [0.5, 0.6) is 0 Å². The van der Waals surface area contributed by atoms with E-state index < -0.39 is 0 Å². The second-order valence-electron chi connectivity index (χ2n) is 6.60. The van der Waals surface area contributed by atoms with E-state index in [-0.39, 0.29) is 0 Å². The minimum Gasteiger partial charge on any atom is -0.0870 e. The normalized spacial score (nSPS) is 12.3. The fraction of sp³-hybridized carbons (Fsp3) is 0.200. The van der Waals surface area contributed by atoms with Crippen LogP contribution in [0, 0.1) is 20.8 Å². The first-order valence-electron chi connectivity index (χ1n) is 8.97. The summed E-state index contributed by atoms with van der Waals surface area (Å²) in [5, 5.41) is 2.69. The van der Waals surface area contributed by atoms with E-state index >= 15 is 0 Å². The summed E-state index contributed by atoms with van der Waals surface area (Å²) in [6.45, 7) is 10.9. The van der Waals surface area contributed by atoms with Crippen LogP contribution >= 0.6 is 0 Å². The molecule has 0 saturated heterocycles. The van der Waals surface area contributed by atoms with E-state index in [0.717, 1.165) is 0 Å². The van der Waals surface area contributed by atoms with E-state index in [4.69, 9.17) is 0 Å². The highest BCUT2D eigenvalue weighted by Crippen LogP contribution is 2.38. The molecule has 0 N–H and O–H groups in total. The summed E-state index contributed by atoms with van der Waals surface area (Å²) in [7, 11) is 0. The van der Waals surface area contributed by atoms with Crippen LogP contribution in [0.15, 0.2) is 60.7 Å². The Hall–Kier alpha value is -2.60. The molecule has 126 valence electrons. The number of allylic oxidation sites excluding steroid dienone is 2. The number of fused-ring (bicyclic) bond motifs is 1. The first-order valence-corrected chi connectivity index (χ1v) is 8.97. The highest BCUT2D eigenvalue weighted by Gasteiger charge is 2.17. The molecule has 0 aliphatic rings. The Kier molecular flexibility index (Phi) is 4.90. The molecule has 0 heteroatoms. The largest absolute Gasteiger partial charge is 0.0870 e. The van der Waals surface area contributed by atoms with Gasteiger partial charge in [-0.25, -0.2) is 0 Å². The van der Waals surface area contributed by atoms with Crippen molar-refractivity contribution >= 4 is 22.4 Å². The number of aryl methyl sites for hydroxylation is 3. The Morgan fingerprint density at radius 2 is 1.36 bits per heavy atom. The van der Waals surface area contributed by atoms with Gasteiger partial charge in [0.25, 0.3) is 0 Å². The predicted molar refractivity (Wildman–Crippen MR) is 112 cm³/mol. The lowest BCUT2D eigenvalue weighted by atomic mass is 9.83. The second kappa shape index (κ2) is 7.11. The van der Waals surface area contributed by atoms with E-state index in [1.54, 1.807) is 0 Å². The Morgan fingerprint density at radius 3 is 1.96 bits per heavy atom. The molecule has 0 spiro atoms. The molecule has 3 aromatic carbocycles. The molecule has 0 aliphatic heterocycles. The summed E-state index contributed by atoms with van der Waals surface area (Å²) in [5.74, 6) is 0. The lowest BCUT2D eigenvalue weighted by Gasteiger charge is -2.21. The Bertz CT molecular complexity index is 984. The maximum atomic E-state index is 2.26. The Labute approximate surface area is 151 Å². The van der Waals surface area contributed by atoms with Gasteiger partial charge in [0.15, 0.2) is 0 Å². The third kappa shape index (κ3) is 2.93. The van der Waals surface area contributed by atoms with Gasteiger partial charge < -0.3 is 0 Å². The standard InChI is InChI=1S/C25H26/c1-6-12-24-18(4)22-15-10-11-16-23(22)19(5)25(24)20(7-2)21-14-9-8-13-17(21)3/h6-16H,1-5H3/b12-6-,20-7-. The molecule has 0 unspecified atom stereocenters. The van der Waals surface area contributed by atoms with Crippen LogP contribution in [0.3, 0.4) is 0 Å². The number of rotatable bonds is 3. The maximum Gasteiger partial charge on any atom is -0.00704 e. The van der Waals surface area contributed by atoms with Gasteiger partial charge in [0.1, 0.15) is 0 Å². The van der Waals surface area contributed by atoms with Crippen molar-refractivity contribution in [2.75, 3.05) is 0 Å². The predicted octanol–water partition coefficient (Wildman–Crippen LogP) is 7.25. The Morgan fingerprint density at radius 1 is 0.760 bits per heavy atom. The minimum absolute atomic E-state index is 1.31. The van der Waals surface area contributed by atoms with Gasteiger partial charge >= 0.3 is 0 Å². The van der Waals surface area contributed by atoms with Crippen LogP contribution in [0.2, 0.25) is 0 Å². The maximum absolute atomic E-state index is 2.26. The first-order chi connectivity index (χ1) is 12.1. The molecule has 0 amide bonds. The van der Waals surface area contributed by atoms with Gasteiger partial charge in [0, 0.05) is 0 Å². The van der Waals surface area contributed by atoms with Gasteiger partial charge in [-0.1, -0.05) is 66.8 Å². The third-order valence-electron chi connectivity index (χ3n) is 5.11. The smallest absolute Gasteiger partial charge is 0.00704 e. The molecule has 25 heavy (non-hydrogen) atoms. The van der Waals surface area contributed by atoms with Gasteiger partial charge in [-0.05, 0) is 84.3 Å². The molecule has 3 aromatic rings. The van der Waals surface area contributed by atoms with E-state index in [1.165, 1.54) is 49.7 Å². The van der Waals surface area contributed by atoms with Crippen LogP contribution in [-0.4, -0.2) is 0 Å². The van der Waals surface area contributed by atoms with Crippen molar-refractivity contribution in [2.24, 2.45) is 0 Å². The lowest BCUT2D eigenvalue weighted by molar-refractivity contribution is 1.35. The van der Waals surface area contributed by atoms with Gasteiger partial charge in [-0.2, -0.15) is 0 Å². The van der Waals surface area contributed by atoms with Crippen LogP contribution in [-0.2, 0) is 0 Å². The number of hydrogen-bond donors (Lipinski definition) is 0. The summed E-state index contributed by atoms with van der Waals surface area (Å²) in [4.78, 5) is 0. The van der Waals surface area contributed by atoms with Gasteiger partial charge in [0.2, 0.25) is 0 Å². The highest BCUT2D eigenvalue weighted by molar-refractivity contribution is 5.99. The summed E-state index contributed by atoms with van der Waals surface area (Å²) >= 11 is 0. The third-order valence-corrected chi connectivity index (χ3v) is 5.11. The van der Waals surface area contributed by atoms with Crippen LogP contribution in [0.1, 0.15) is 47.2 Å². The molecular weight excluding hydrogens is 300 g/mol. The van der Waals surface area contributed by atoms with Crippen LogP contribution in [0.4, 0.5) is 0 Å². The van der Waals surface area contributed by atoms with Crippen molar-refractivity contribution in [1.29, 1.82) is 0 Å². The molecule has 3 rings (SSSR count). The van der Waals surface area contributed by atoms with Gasteiger partial charge in [-0.3, -0.25) is 0 Å². The fourth-order valence-corrected chi connectivity index (χ4v) is 3.84. The quantitative estimate of drug-likeness (QED) is 0.475.